The molecule has 0 aromatic rings. The molecule has 44 valence electrons. The Balaban J connectivity index is 3.94. The van der Waals surface area contributed by atoms with Crippen molar-refractivity contribution in [3.05, 3.63) is 0 Å². The van der Waals surface area contributed by atoms with Crippen LogP contribution in [0.1, 0.15) is 0 Å². The highest BCUT2D eigenvalue weighted by Gasteiger charge is 1.92. The van der Waals surface area contributed by atoms with Crippen LogP contribution in [-0.4, -0.2) is 18.3 Å². The molecule has 0 rings (SSSR count). The predicted octanol–water partition coefficient (Wildman–Crippen LogP) is -0.368. The van der Waals surface area contributed by atoms with Gasteiger partial charge >= 0.3 is 6.03 Å². The molecule has 0 saturated heterocycles. The molecule has 2 amide bonds. The van der Waals surface area contributed by atoms with E-state index < -0.39 is 12.0 Å². The van der Waals surface area contributed by atoms with Crippen LogP contribution in [0.2, 0.25) is 0 Å². The number of primary amides is 1. The molecule has 8 heavy (non-hydrogen) atoms. The van der Waals surface area contributed by atoms with Gasteiger partial charge in [0.25, 0.3) is 5.97 Å². The molecule has 0 heterocycles. The molecule has 0 unspecified atom stereocenters. The minimum Gasteiger partial charge on any atom is -0.350 e. The maximum Gasteiger partial charge on any atom is 0.341 e. The number of hydrogen-bond acceptors (Lipinski definition) is 2. The van der Waals surface area contributed by atoms with Gasteiger partial charge in [-0.15, -0.1) is 0 Å². The topological polar surface area (TPSA) is 72.5 Å². The highest BCUT2D eigenvalue weighted by atomic mass is 19.1. The Labute approximate surface area is 44.2 Å². The largest absolute Gasteiger partial charge is 0.350 e. The van der Waals surface area contributed by atoms with Crippen LogP contribution < -0.4 is 5.73 Å². The fourth-order valence-corrected chi connectivity index (χ4v) is 0.132. The van der Waals surface area contributed by atoms with Gasteiger partial charge in [-0.1, -0.05) is 0 Å². The Hall–Kier alpha value is -1.26. The van der Waals surface area contributed by atoms with Crippen molar-refractivity contribution >= 4 is 18.3 Å². The Morgan fingerprint density at radius 1 is 1.75 bits per heavy atom. The van der Waals surface area contributed by atoms with Gasteiger partial charge in [0.1, 0.15) is 0 Å². The van der Waals surface area contributed by atoms with Gasteiger partial charge in [-0.25, -0.2) is 4.79 Å². The zero-order valence-electron chi connectivity index (χ0n) is 3.80. The molecule has 2 N–H and O–H groups in total. The first-order valence-electron chi connectivity index (χ1n) is 1.65. The third kappa shape index (κ3) is 2.95. The van der Waals surface area contributed by atoms with Gasteiger partial charge in [0.05, 0.1) is 0 Å². The van der Waals surface area contributed by atoms with Crippen LogP contribution in [0.5, 0.6) is 0 Å². The molecule has 0 aromatic heterocycles. The summed E-state index contributed by atoms with van der Waals surface area (Å²) in [7, 11) is 0. The van der Waals surface area contributed by atoms with Crippen LogP contribution >= 0.6 is 0 Å². The number of halogens is 1. The first kappa shape index (κ1) is 6.74. The summed E-state index contributed by atoms with van der Waals surface area (Å²) in [4.78, 5) is 21.3. The number of carbonyl (C=O) groups is 2. The zero-order chi connectivity index (χ0) is 6.57. The first-order chi connectivity index (χ1) is 3.66. The molecule has 4 nitrogen and oxygen atoms in total. The van der Waals surface area contributed by atoms with Crippen molar-refractivity contribution in [3.63, 3.8) is 0 Å². The van der Waals surface area contributed by atoms with Crippen LogP contribution in [0.4, 0.5) is 9.18 Å². The molecule has 0 atom stereocenters. The number of aldehydes is 1. The van der Waals surface area contributed by atoms with E-state index in [0.29, 0.717) is 0 Å². The van der Waals surface area contributed by atoms with Crippen molar-refractivity contribution in [2.24, 2.45) is 10.7 Å². The monoisotopic (exact) mass is 118 g/mol. The summed E-state index contributed by atoms with van der Waals surface area (Å²) in [6.45, 7) is 0. The third-order valence-corrected chi connectivity index (χ3v) is 0.314. The molecule has 0 aliphatic carbocycles. The van der Waals surface area contributed by atoms with E-state index >= 15 is 0 Å². The van der Waals surface area contributed by atoms with Crippen molar-refractivity contribution in [2.45, 2.75) is 0 Å². The summed E-state index contributed by atoms with van der Waals surface area (Å²) >= 11 is 0. The number of rotatable bonds is 1. The van der Waals surface area contributed by atoms with E-state index in [-0.39, 0.29) is 6.29 Å². The van der Waals surface area contributed by atoms with E-state index in [1.165, 1.54) is 0 Å². The van der Waals surface area contributed by atoms with Gasteiger partial charge in [-0.05, 0) is 0 Å². The standard InChI is InChI=1S/C3H3FN2O2/c4-2(1-7)6-3(5)8/h1H,(H2,5,8)/b6-2+. The summed E-state index contributed by atoms with van der Waals surface area (Å²) in [5.41, 5.74) is 4.34. The van der Waals surface area contributed by atoms with Gasteiger partial charge in [0, 0.05) is 0 Å². The average molecular weight is 118 g/mol. The van der Waals surface area contributed by atoms with Crippen LogP contribution in [0.25, 0.3) is 0 Å². The molecule has 0 aliphatic rings. The first-order valence-corrected chi connectivity index (χ1v) is 1.65. The lowest BCUT2D eigenvalue weighted by atomic mass is 10.8. The summed E-state index contributed by atoms with van der Waals surface area (Å²) in [6, 6.07) is -1.21. The van der Waals surface area contributed by atoms with E-state index in [4.69, 9.17) is 0 Å². The van der Waals surface area contributed by atoms with Crippen molar-refractivity contribution in [1.82, 2.24) is 0 Å². The van der Waals surface area contributed by atoms with E-state index in [1.807, 2.05) is 0 Å². The van der Waals surface area contributed by atoms with Crippen molar-refractivity contribution < 1.29 is 14.0 Å². The molecule has 0 spiro atoms. The number of urea groups is 1. The Morgan fingerprint density at radius 3 is 2.38 bits per heavy atom. The summed E-state index contributed by atoms with van der Waals surface area (Å²) in [6.07, 6.45) is -0.204. The molecule has 0 fully saturated rings. The Kier molecular flexibility index (Phi) is 2.39. The smallest absolute Gasteiger partial charge is 0.341 e. The fourth-order valence-electron chi connectivity index (χ4n) is 0.132. The summed E-state index contributed by atoms with van der Waals surface area (Å²) < 4.78 is 11.5. The van der Waals surface area contributed by atoms with E-state index in [0.717, 1.165) is 0 Å². The minimum absolute atomic E-state index is 0.204. The van der Waals surface area contributed by atoms with E-state index in [9.17, 15) is 14.0 Å². The average Bonchev–Trinajstić information content (AvgIpc) is 1.65. The lowest BCUT2D eigenvalue weighted by Gasteiger charge is -1.76. The quantitative estimate of drug-likeness (QED) is 0.377. The van der Waals surface area contributed by atoms with Gasteiger partial charge in [0.2, 0.25) is 0 Å². The second kappa shape index (κ2) is 2.84. The van der Waals surface area contributed by atoms with Crippen molar-refractivity contribution in [3.8, 4) is 0 Å². The summed E-state index contributed by atoms with van der Waals surface area (Å²) in [5, 5.41) is 0. The predicted molar refractivity (Wildman–Crippen MR) is 24.2 cm³/mol. The maximum absolute atomic E-state index is 11.5. The molecule has 0 aromatic carbocycles. The lowest BCUT2D eigenvalue weighted by molar-refractivity contribution is -0.103. The molecule has 5 heteroatoms. The van der Waals surface area contributed by atoms with Crippen molar-refractivity contribution in [1.29, 1.82) is 0 Å². The summed E-state index contributed by atoms with van der Waals surface area (Å²) in [5.74, 6) is -1.41. The van der Waals surface area contributed by atoms with Crippen molar-refractivity contribution in [2.75, 3.05) is 0 Å². The highest BCUT2D eigenvalue weighted by molar-refractivity contribution is 6.25. The highest BCUT2D eigenvalue weighted by Crippen LogP contribution is 1.73. The zero-order valence-corrected chi connectivity index (χ0v) is 3.80. The molecule has 0 aliphatic heterocycles. The van der Waals surface area contributed by atoms with Gasteiger partial charge in [-0.2, -0.15) is 9.38 Å². The van der Waals surface area contributed by atoms with Gasteiger partial charge in [-0.3, -0.25) is 4.79 Å². The number of nitrogens with two attached hydrogens (primary N) is 1. The SMILES string of the molecule is NC(=O)/N=C(/F)C=O. The minimum atomic E-state index is -1.41. The maximum atomic E-state index is 11.5. The second-order valence-electron chi connectivity index (χ2n) is 0.891. The second-order valence-corrected chi connectivity index (χ2v) is 0.891. The molecular formula is C3H3FN2O2. The lowest BCUT2D eigenvalue weighted by Crippen LogP contribution is -2.07. The normalized spacial score (nSPS) is 10.9. The number of hydrogen-bond donors (Lipinski definition) is 1. The Morgan fingerprint density at radius 2 is 2.25 bits per heavy atom. The van der Waals surface area contributed by atoms with Crippen LogP contribution in [-0.2, 0) is 4.79 Å². The fraction of sp³-hybridized carbons (Fsp3) is 0. The molecule has 0 radical (unpaired) electrons. The number of carbonyl (C=O) groups excluding carboxylic acids is 2. The molecular weight excluding hydrogens is 115 g/mol. The third-order valence-electron chi connectivity index (χ3n) is 0.314. The van der Waals surface area contributed by atoms with Crippen LogP contribution in [0.15, 0.2) is 4.99 Å². The Bertz CT molecular complexity index is 142. The molecule has 0 saturated carbocycles. The number of nitrogens with zero attached hydrogens (tertiary/aromatic N) is 1. The van der Waals surface area contributed by atoms with E-state index in [2.05, 4.69) is 10.7 Å². The van der Waals surface area contributed by atoms with Crippen LogP contribution in [0, 0.1) is 0 Å². The van der Waals surface area contributed by atoms with Gasteiger partial charge in [0.15, 0.2) is 6.29 Å². The van der Waals surface area contributed by atoms with Gasteiger partial charge < -0.3 is 5.73 Å². The number of amides is 2. The van der Waals surface area contributed by atoms with Crippen LogP contribution in [0.3, 0.4) is 0 Å². The molecule has 0 bridgehead atoms. The van der Waals surface area contributed by atoms with E-state index in [1.54, 1.807) is 0 Å². The number of aliphatic imine (C=N–C) groups is 1.